The molecule has 0 saturated heterocycles. The minimum absolute atomic E-state index is 0.104. The van der Waals surface area contributed by atoms with Gasteiger partial charge >= 0.3 is 0 Å². The molecule has 7 heteroatoms. The number of hydrogen-bond donors (Lipinski definition) is 0. The van der Waals surface area contributed by atoms with Crippen LogP contribution in [0.2, 0.25) is 5.02 Å². The van der Waals surface area contributed by atoms with Gasteiger partial charge in [-0.1, -0.05) is 42.2 Å². The fraction of sp³-hybridized carbons (Fsp3) is 0.421. The van der Waals surface area contributed by atoms with E-state index in [4.69, 9.17) is 11.6 Å². The Bertz CT molecular complexity index is 960. The van der Waals surface area contributed by atoms with Gasteiger partial charge < -0.3 is 4.90 Å². The molecule has 0 amide bonds. The molecule has 2 aromatic heterocycles. The molecular weight excluding hydrogens is 368 g/mol. The number of nitrogens with zero attached hydrogens (tertiary/aromatic N) is 4. The number of halogens is 1. The normalized spacial score (nSPS) is 15.5. The van der Waals surface area contributed by atoms with Crippen LogP contribution in [0.5, 0.6) is 0 Å². The molecule has 5 nitrogen and oxygen atoms in total. The van der Waals surface area contributed by atoms with E-state index in [1.165, 1.54) is 36.6 Å². The Kier molecular flexibility index (Phi) is 4.96. The van der Waals surface area contributed by atoms with Crippen LogP contribution in [0.4, 0.5) is 5.69 Å². The standard InChI is InChI=1S/C19H21ClN4OS/c1-23(16-9-7-14(20)8-10-16)12-15-11-17(25)24-19(21-15)26-18(22-24)13-5-3-2-4-6-13/h7-11,13H,2-6,12H2,1H3. The number of hydrogen-bond acceptors (Lipinski definition) is 5. The number of aromatic nitrogens is 3. The lowest BCUT2D eigenvalue weighted by Gasteiger charge is -2.18. The lowest BCUT2D eigenvalue weighted by atomic mass is 9.90. The largest absolute Gasteiger partial charge is 0.369 e. The summed E-state index contributed by atoms with van der Waals surface area (Å²) in [4.78, 5) is 19.9. The quantitative estimate of drug-likeness (QED) is 0.660. The van der Waals surface area contributed by atoms with Gasteiger partial charge in [0.1, 0.15) is 5.01 Å². The SMILES string of the molecule is CN(Cc1cc(=O)n2nc(C3CCCCC3)sc2n1)c1ccc(Cl)cc1. The topological polar surface area (TPSA) is 50.5 Å². The summed E-state index contributed by atoms with van der Waals surface area (Å²) in [5.41, 5.74) is 1.68. The van der Waals surface area contributed by atoms with Crippen LogP contribution in [0.1, 0.15) is 48.7 Å². The lowest BCUT2D eigenvalue weighted by molar-refractivity contribution is 0.439. The Labute approximate surface area is 161 Å². The van der Waals surface area contributed by atoms with Crippen LogP contribution >= 0.6 is 22.9 Å². The molecule has 0 bridgehead atoms. The Morgan fingerprint density at radius 3 is 2.69 bits per heavy atom. The van der Waals surface area contributed by atoms with Crippen LogP contribution < -0.4 is 10.5 Å². The third-order valence-electron chi connectivity index (χ3n) is 4.93. The minimum atomic E-state index is -0.104. The second kappa shape index (κ2) is 7.37. The Hall–Kier alpha value is -1.92. The third-order valence-corrected chi connectivity index (χ3v) is 6.26. The van der Waals surface area contributed by atoms with Crippen LogP contribution in [0.3, 0.4) is 0 Å². The number of rotatable bonds is 4. The summed E-state index contributed by atoms with van der Waals surface area (Å²) in [6.45, 7) is 0.560. The van der Waals surface area contributed by atoms with E-state index in [9.17, 15) is 4.79 Å². The molecule has 0 aliphatic heterocycles. The molecular formula is C19H21ClN4OS. The smallest absolute Gasteiger partial charge is 0.275 e. The van der Waals surface area contributed by atoms with Crippen molar-refractivity contribution in [2.45, 2.75) is 44.6 Å². The first-order valence-electron chi connectivity index (χ1n) is 8.96. The monoisotopic (exact) mass is 388 g/mol. The van der Waals surface area contributed by atoms with Gasteiger partial charge in [0, 0.05) is 29.7 Å². The summed E-state index contributed by atoms with van der Waals surface area (Å²) in [6.07, 6.45) is 6.14. The summed E-state index contributed by atoms with van der Waals surface area (Å²) in [7, 11) is 1.98. The van der Waals surface area contributed by atoms with Crippen molar-refractivity contribution in [3.8, 4) is 0 Å². The third kappa shape index (κ3) is 3.62. The zero-order valence-corrected chi connectivity index (χ0v) is 16.3. The highest BCUT2D eigenvalue weighted by atomic mass is 35.5. The van der Waals surface area contributed by atoms with Crippen molar-refractivity contribution >= 4 is 33.6 Å². The molecule has 1 aromatic carbocycles. The summed E-state index contributed by atoms with van der Waals surface area (Å²) in [5, 5.41) is 6.32. The number of anilines is 1. The molecule has 0 radical (unpaired) electrons. The van der Waals surface area contributed by atoms with Crippen LogP contribution in [0.25, 0.3) is 4.96 Å². The number of fused-ring (bicyclic) bond motifs is 1. The molecule has 0 atom stereocenters. The van der Waals surface area contributed by atoms with Gasteiger partial charge in [-0.2, -0.15) is 9.61 Å². The van der Waals surface area contributed by atoms with Crippen molar-refractivity contribution in [2.75, 3.05) is 11.9 Å². The molecule has 1 aliphatic carbocycles. The summed E-state index contributed by atoms with van der Waals surface area (Å²) < 4.78 is 1.46. The lowest BCUT2D eigenvalue weighted by Crippen LogP contribution is -2.21. The second-order valence-electron chi connectivity index (χ2n) is 6.89. The summed E-state index contributed by atoms with van der Waals surface area (Å²) >= 11 is 7.51. The molecule has 0 N–H and O–H groups in total. The molecule has 3 aromatic rings. The van der Waals surface area contributed by atoms with Crippen molar-refractivity contribution in [1.29, 1.82) is 0 Å². The van der Waals surface area contributed by atoms with E-state index in [2.05, 4.69) is 15.0 Å². The van der Waals surface area contributed by atoms with Crippen molar-refractivity contribution in [3.05, 3.63) is 56.4 Å². The number of benzene rings is 1. The van der Waals surface area contributed by atoms with Gasteiger partial charge in [-0.05, 0) is 37.1 Å². The fourth-order valence-electron chi connectivity index (χ4n) is 3.50. The van der Waals surface area contributed by atoms with Gasteiger partial charge in [0.25, 0.3) is 5.56 Å². The van der Waals surface area contributed by atoms with Gasteiger partial charge in [0.15, 0.2) is 0 Å². The maximum Gasteiger partial charge on any atom is 0.275 e. The van der Waals surface area contributed by atoms with Crippen LogP contribution in [0.15, 0.2) is 35.1 Å². The van der Waals surface area contributed by atoms with Gasteiger partial charge in [0.2, 0.25) is 4.96 Å². The van der Waals surface area contributed by atoms with Crippen LogP contribution in [0, 0.1) is 0 Å². The van der Waals surface area contributed by atoms with Gasteiger partial charge in [-0.25, -0.2) is 4.98 Å². The Balaban J connectivity index is 1.59. The maximum atomic E-state index is 12.5. The van der Waals surface area contributed by atoms with Crippen molar-refractivity contribution < 1.29 is 0 Å². The van der Waals surface area contributed by atoms with E-state index >= 15 is 0 Å². The molecule has 26 heavy (non-hydrogen) atoms. The first-order chi connectivity index (χ1) is 12.6. The average molecular weight is 389 g/mol. The zero-order chi connectivity index (χ0) is 18.1. The minimum Gasteiger partial charge on any atom is -0.369 e. The van der Waals surface area contributed by atoms with Crippen molar-refractivity contribution in [3.63, 3.8) is 0 Å². The van der Waals surface area contributed by atoms with E-state index in [0.29, 0.717) is 22.4 Å². The maximum absolute atomic E-state index is 12.5. The van der Waals surface area contributed by atoms with E-state index < -0.39 is 0 Å². The molecule has 136 valence electrons. The second-order valence-corrected chi connectivity index (χ2v) is 8.31. The molecule has 0 spiro atoms. The molecule has 2 heterocycles. The van der Waals surface area contributed by atoms with E-state index in [1.54, 1.807) is 17.4 Å². The predicted octanol–water partition coefficient (Wildman–Crippen LogP) is 4.49. The first-order valence-corrected chi connectivity index (χ1v) is 10.2. The molecule has 0 unspecified atom stereocenters. The highest BCUT2D eigenvalue weighted by Gasteiger charge is 2.20. The van der Waals surface area contributed by atoms with Crippen LogP contribution in [-0.4, -0.2) is 21.6 Å². The van der Waals surface area contributed by atoms with Gasteiger partial charge in [-0.3, -0.25) is 4.79 Å². The van der Waals surface area contributed by atoms with E-state index in [1.807, 2.05) is 31.3 Å². The molecule has 1 saturated carbocycles. The van der Waals surface area contributed by atoms with Crippen molar-refractivity contribution in [1.82, 2.24) is 14.6 Å². The highest BCUT2D eigenvalue weighted by molar-refractivity contribution is 7.16. The first kappa shape index (κ1) is 17.5. The van der Waals surface area contributed by atoms with Crippen molar-refractivity contribution in [2.24, 2.45) is 0 Å². The summed E-state index contributed by atoms with van der Waals surface area (Å²) in [6, 6.07) is 9.23. The van der Waals surface area contributed by atoms with Gasteiger partial charge in [-0.15, -0.1) is 0 Å². The fourth-order valence-corrected chi connectivity index (χ4v) is 4.71. The average Bonchev–Trinajstić information content (AvgIpc) is 3.08. The van der Waals surface area contributed by atoms with E-state index in [0.717, 1.165) is 16.4 Å². The van der Waals surface area contributed by atoms with Crippen LogP contribution in [-0.2, 0) is 6.54 Å². The Morgan fingerprint density at radius 1 is 1.23 bits per heavy atom. The zero-order valence-electron chi connectivity index (χ0n) is 14.7. The molecule has 4 rings (SSSR count). The molecule has 1 fully saturated rings. The summed E-state index contributed by atoms with van der Waals surface area (Å²) in [5.74, 6) is 0.482. The Morgan fingerprint density at radius 2 is 1.96 bits per heavy atom. The predicted molar refractivity (Wildman–Crippen MR) is 107 cm³/mol. The van der Waals surface area contributed by atoms with Gasteiger partial charge in [0.05, 0.1) is 12.2 Å². The highest BCUT2D eigenvalue weighted by Crippen LogP contribution is 2.34. The van der Waals surface area contributed by atoms with E-state index in [-0.39, 0.29) is 5.56 Å². The molecule has 1 aliphatic rings.